The molecule has 0 aliphatic carbocycles. The van der Waals surface area contributed by atoms with Gasteiger partial charge in [0.2, 0.25) is 11.8 Å². The fraction of sp³-hybridized carbons (Fsp3) is 0.438. The lowest BCUT2D eigenvalue weighted by molar-refractivity contribution is -0.125. The lowest BCUT2D eigenvalue weighted by Crippen LogP contribution is -2.55. The highest BCUT2D eigenvalue weighted by Crippen LogP contribution is 2.36. The number of rotatable bonds is 19. The Kier molecular flexibility index (Phi) is 24.9. The number of nitrogen functional groups attached to an aromatic ring is 3. The van der Waals surface area contributed by atoms with Crippen molar-refractivity contribution in [1.29, 1.82) is 0 Å². The maximum atomic E-state index is 13.1. The third-order valence-electron chi connectivity index (χ3n) is 17.7. The molecule has 6 aromatic heterocycles. The molecule has 5 aliphatic heterocycles. The van der Waals surface area contributed by atoms with E-state index in [1.165, 1.54) is 59.2 Å². The van der Waals surface area contributed by atoms with Crippen LogP contribution in [0.15, 0.2) is 122 Å². The van der Waals surface area contributed by atoms with Crippen molar-refractivity contribution in [3.8, 4) is 0 Å². The van der Waals surface area contributed by atoms with Crippen molar-refractivity contribution in [3.63, 3.8) is 0 Å². The second-order valence-electron chi connectivity index (χ2n) is 25.0. The van der Waals surface area contributed by atoms with Gasteiger partial charge in [-0.3, -0.25) is 32.9 Å². The fourth-order valence-corrected chi connectivity index (χ4v) is 12.0. The van der Waals surface area contributed by atoms with Gasteiger partial charge in [0.1, 0.15) is 126 Å². The number of benzene rings is 2. The molecule has 8 aromatic rings. The molecular weight excluding hydrogens is 1380 g/mol. The van der Waals surface area contributed by atoms with E-state index in [4.69, 9.17) is 53.3 Å². The lowest BCUT2D eigenvalue weighted by atomic mass is 10.0. The molecule has 24 N–H and O–H groups in total. The summed E-state index contributed by atoms with van der Waals surface area (Å²) in [6.45, 7) is 7.70. The summed E-state index contributed by atoms with van der Waals surface area (Å²) in [4.78, 5) is 91.9. The average molecular weight is 1460 g/mol. The Morgan fingerprint density at radius 2 is 0.905 bits per heavy atom. The third-order valence-corrected chi connectivity index (χ3v) is 17.7. The van der Waals surface area contributed by atoms with Crippen molar-refractivity contribution in [2.75, 3.05) is 43.6 Å². The minimum absolute atomic E-state index is 0.0804. The van der Waals surface area contributed by atoms with Crippen LogP contribution in [0, 0.1) is 11.7 Å². The zero-order valence-corrected chi connectivity index (χ0v) is 56.7. The Morgan fingerprint density at radius 1 is 0.533 bits per heavy atom. The van der Waals surface area contributed by atoms with Crippen LogP contribution in [0.25, 0.3) is 33.5 Å². The largest absolute Gasteiger partial charge is 0.394 e. The minimum atomic E-state index is -1.20. The van der Waals surface area contributed by atoms with E-state index in [9.17, 15) is 64.4 Å². The lowest BCUT2D eigenvalue weighted by Gasteiger charge is -2.33. The predicted molar refractivity (Wildman–Crippen MR) is 369 cm³/mol. The van der Waals surface area contributed by atoms with Crippen LogP contribution < -0.4 is 55.7 Å². The number of hydrogen-bond donors (Lipinski definition) is 18. The number of ether oxygens (including phenoxy) is 4. The summed E-state index contributed by atoms with van der Waals surface area (Å²) in [5.74, 6) is -1.08. The molecule has 0 bridgehead atoms. The number of amidine groups is 1. The molecule has 0 saturated carbocycles. The van der Waals surface area contributed by atoms with Gasteiger partial charge in [-0.15, -0.1) is 0 Å². The highest BCUT2D eigenvalue weighted by Gasteiger charge is 2.50. The number of amides is 4. The van der Waals surface area contributed by atoms with E-state index in [-0.39, 0.29) is 47.4 Å². The number of nitrogens with zero attached hydrogens (tertiary/aromatic N) is 14. The molecule has 11 heterocycles. The van der Waals surface area contributed by atoms with Gasteiger partial charge in [-0.05, 0) is 54.8 Å². The monoisotopic (exact) mass is 1460 g/mol. The minimum Gasteiger partial charge on any atom is -0.394 e. The molecule has 4 fully saturated rings. The molecule has 41 heteroatoms. The van der Waals surface area contributed by atoms with Crippen molar-refractivity contribution in [3.05, 3.63) is 134 Å². The Bertz CT molecular complexity index is 4400. The average Bonchev–Trinajstić information content (AvgIpc) is 1.65. The summed E-state index contributed by atoms with van der Waals surface area (Å²) in [7, 11) is 0. The number of hydrogen-bond acceptors (Lipinski definition) is 33. The maximum absolute atomic E-state index is 13.1. The van der Waals surface area contributed by atoms with E-state index < -0.39 is 147 Å². The van der Waals surface area contributed by atoms with Gasteiger partial charge in [-0.25, -0.2) is 54.2 Å². The number of halogens is 1. The van der Waals surface area contributed by atoms with Crippen LogP contribution in [-0.4, -0.2) is 252 Å². The number of nitrogens with two attached hydrogens (primary N) is 6. The van der Waals surface area contributed by atoms with Gasteiger partial charge in [0, 0.05) is 17.3 Å². The number of aliphatic hydroxyl groups is 8. The number of anilines is 3. The van der Waals surface area contributed by atoms with E-state index in [0.29, 0.717) is 57.1 Å². The van der Waals surface area contributed by atoms with E-state index in [0.717, 1.165) is 18.6 Å². The van der Waals surface area contributed by atoms with E-state index in [1.54, 1.807) is 52.1 Å². The first-order valence-corrected chi connectivity index (χ1v) is 32.9. The summed E-state index contributed by atoms with van der Waals surface area (Å²) >= 11 is 0. The summed E-state index contributed by atoms with van der Waals surface area (Å²) in [5, 5.41) is 90.7. The number of carbonyl (C=O) groups excluding carboxylic acids is 4. The first-order chi connectivity index (χ1) is 50.3. The number of imidazole rings is 3. The van der Waals surface area contributed by atoms with E-state index in [1.807, 2.05) is 20.8 Å². The second-order valence-corrected chi connectivity index (χ2v) is 25.0. The molecule has 4 saturated heterocycles. The van der Waals surface area contributed by atoms with Gasteiger partial charge < -0.3 is 120 Å². The number of fused-ring (bicyclic) bond motifs is 3. The third kappa shape index (κ3) is 16.7. The standard InChI is InChI=1S/C17H17FN6O4.C17H18N6O4.C15H23N7O4.C15H25N5O4/c18-9-3-1-8(2-4-9)16(27)23-11-13(26)10(5-25)28-17(11)24-7-22-12-14(19)20-6-21-15(12)24;18-14-12-15(20-7-19-14)23(8-21-12)17-11(13(25)10(6-24)27-17)22-16(26)9-4-2-1-3-5-9;1-6(2)8(16)14(25)21-9-11(24)7(3-23)26-15(9)22-5-20-10-12(17)18-4-19-13(10)22;1-3-4-9(16)14(23)19-12-13(22)10(7-21)24-15(12)20-6-5-11(17)18-8(20)2/h1-4,6-7,10-11,13,17,25-26H,5H2,(H,23,27)(H2,19,20,21);1-5,7-8,10-11,13,17,24-25H,6H2,(H,22,26)(H2,18,19,20);4-9,11,15,23-24H,3,16H2,1-2H3,(H,21,25)(H2,17,18,19);5-6,9-10,12-13,15,21-22H,2-4,7,16H2,1H3,(H2,17,18)(H,19,23)/t2*10-,11+,13?,17-;7-,8?,9+,11?,15-;9?,10-,12+,13?,15-/m1111/s1. The first-order valence-electron chi connectivity index (χ1n) is 32.9. The summed E-state index contributed by atoms with van der Waals surface area (Å²) < 4.78 is 40.6. The number of aliphatic imine (C=N–C) groups is 1. The molecule has 5 aliphatic rings. The topological polar surface area (TPSA) is 618 Å². The maximum Gasteiger partial charge on any atom is 0.251 e. The number of aromatic nitrogens is 12. The van der Waals surface area contributed by atoms with Crippen LogP contribution in [0.5, 0.6) is 0 Å². The normalized spacial score (nSPS) is 26.8. The van der Waals surface area contributed by atoms with Gasteiger partial charge in [0.15, 0.2) is 59.3 Å². The van der Waals surface area contributed by atoms with E-state index in [2.05, 4.69) is 77.7 Å². The highest BCUT2D eigenvalue weighted by molar-refractivity contribution is 5.95. The van der Waals surface area contributed by atoms with Crippen LogP contribution in [0.2, 0.25) is 0 Å². The van der Waals surface area contributed by atoms with Gasteiger partial charge in [0.25, 0.3) is 11.8 Å². The zero-order valence-electron chi connectivity index (χ0n) is 56.7. The van der Waals surface area contributed by atoms with Crippen molar-refractivity contribution in [2.45, 2.75) is 144 Å². The Hall–Kier alpha value is -10.5. The molecule has 0 spiro atoms. The molecular formula is C64H83FN24O16. The predicted octanol–water partition coefficient (Wildman–Crippen LogP) is -4.48. The molecule has 13 rings (SSSR count). The quantitative estimate of drug-likeness (QED) is 0.0363. The first kappa shape index (κ1) is 77.1. The SMILES string of the molecule is C=C1N=C(N)C=CN1[C@@H]1O[C@H](CO)C(O)[C@@H]1NC(=O)C(N)CCC.CC(C)C(N)C(=O)N[C@H]1C(O)[C@@H](CO)O[C@H]1n1cnc2c(N)ncnc21.Nc1ncnc2c1ncn2[C@@H]1O[C@H](CO)C(O)[C@@H]1NC(=O)c1ccc(F)cc1.Nc1ncnc2c1ncn2[C@@H]1O[C@H](CO)C(O)[C@@H]1NC(=O)c1ccccc1. The number of nitrogens with one attached hydrogen (secondary N) is 4. The van der Waals surface area contributed by atoms with Gasteiger partial charge in [-0.1, -0.05) is 52.0 Å². The Morgan fingerprint density at radius 3 is 1.29 bits per heavy atom. The highest BCUT2D eigenvalue weighted by atomic mass is 19.1. The molecule has 18 atom stereocenters. The molecule has 40 nitrogen and oxygen atoms in total. The summed E-state index contributed by atoms with van der Waals surface area (Å²) in [5.41, 5.74) is 37.6. The van der Waals surface area contributed by atoms with Crippen LogP contribution in [0.3, 0.4) is 0 Å². The van der Waals surface area contributed by atoms with Crippen molar-refractivity contribution < 1.29 is 83.4 Å². The van der Waals surface area contributed by atoms with E-state index >= 15 is 0 Å². The van der Waals surface area contributed by atoms with Crippen molar-refractivity contribution in [1.82, 2.24) is 84.7 Å². The van der Waals surface area contributed by atoms with Crippen LogP contribution >= 0.6 is 0 Å². The van der Waals surface area contributed by atoms with Crippen molar-refractivity contribution in [2.24, 2.45) is 28.1 Å². The smallest absolute Gasteiger partial charge is 0.251 e. The van der Waals surface area contributed by atoms with Crippen LogP contribution in [0.1, 0.15) is 73.0 Å². The Balaban J connectivity index is 0.000000150. The van der Waals surface area contributed by atoms with Gasteiger partial charge in [0.05, 0.1) is 57.5 Å². The van der Waals surface area contributed by atoms with Crippen molar-refractivity contribution >= 4 is 80.4 Å². The number of carbonyl (C=O) groups is 4. The van der Waals surface area contributed by atoms with Gasteiger partial charge in [-0.2, -0.15) is 0 Å². The van der Waals surface area contributed by atoms with Crippen LogP contribution in [0.4, 0.5) is 21.8 Å². The Labute approximate surface area is 596 Å². The molecule has 4 amide bonds. The molecule has 105 heavy (non-hydrogen) atoms. The summed E-state index contributed by atoms with van der Waals surface area (Å²) in [6, 6.07) is 8.76. The summed E-state index contributed by atoms with van der Waals surface area (Å²) in [6.07, 6.45) is 1.16. The zero-order chi connectivity index (χ0) is 75.7. The molecule has 562 valence electrons. The van der Waals surface area contributed by atoms with Gasteiger partial charge >= 0.3 is 0 Å². The molecule has 0 radical (unpaired) electrons. The van der Waals surface area contributed by atoms with Crippen LogP contribution in [-0.2, 0) is 28.5 Å². The molecule has 2 aromatic carbocycles. The second kappa shape index (κ2) is 33.9. The molecule has 6 unspecified atom stereocenters. The fourth-order valence-electron chi connectivity index (χ4n) is 12.0. The number of aliphatic hydroxyl groups excluding tert-OH is 8.